The molecule has 24 heavy (non-hydrogen) atoms. The number of hydrogen-bond acceptors (Lipinski definition) is 3. The fraction of sp³-hybridized carbons (Fsp3) is 0.235. The molecule has 0 saturated heterocycles. The maximum Gasteiger partial charge on any atom is 0.266 e. The van der Waals surface area contributed by atoms with Crippen LogP contribution >= 0.6 is 11.6 Å². The molecule has 1 N–H and O–H groups in total. The minimum atomic E-state index is -3.74. The van der Waals surface area contributed by atoms with E-state index < -0.39 is 10.0 Å². The Labute approximate surface area is 146 Å². The Morgan fingerprint density at radius 2 is 1.75 bits per heavy atom. The van der Waals surface area contributed by atoms with E-state index in [2.05, 4.69) is 5.32 Å². The summed E-state index contributed by atoms with van der Waals surface area (Å²) in [5, 5.41) is 2.87. The monoisotopic (exact) mass is 364 g/mol. The van der Waals surface area contributed by atoms with Gasteiger partial charge < -0.3 is 5.32 Å². The van der Waals surface area contributed by atoms with Gasteiger partial charge in [0.05, 0.1) is 10.7 Å². The van der Waals surface area contributed by atoms with Gasteiger partial charge in [0.25, 0.3) is 10.0 Å². The molecule has 1 aliphatic carbocycles. The van der Waals surface area contributed by atoms with E-state index in [1.807, 2.05) is 0 Å². The lowest BCUT2D eigenvalue weighted by atomic mass is 10.2. The second kappa shape index (κ2) is 6.45. The van der Waals surface area contributed by atoms with Gasteiger partial charge in [-0.25, -0.2) is 8.42 Å². The number of rotatable bonds is 5. The third-order valence-corrected chi connectivity index (χ3v) is 6.07. The molecule has 3 rings (SSSR count). The quantitative estimate of drug-likeness (QED) is 0.880. The Bertz CT molecular complexity index is 862. The zero-order valence-electron chi connectivity index (χ0n) is 13.1. The van der Waals surface area contributed by atoms with Gasteiger partial charge in [0.15, 0.2) is 0 Å². The highest BCUT2D eigenvalue weighted by molar-refractivity contribution is 7.93. The van der Waals surface area contributed by atoms with E-state index in [1.165, 1.54) is 17.3 Å². The zero-order chi connectivity index (χ0) is 17.3. The summed E-state index contributed by atoms with van der Waals surface area (Å²) < 4.78 is 27.6. The average molecular weight is 365 g/mol. The summed E-state index contributed by atoms with van der Waals surface area (Å²) in [6, 6.07) is 13.1. The van der Waals surface area contributed by atoms with Crippen LogP contribution in [-0.4, -0.2) is 20.4 Å². The maximum absolute atomic E-state index is 13.1. The summed E-state index contributed by atoms with van der Waals surface area (Å²) in [5.41, 5.74) is 1.18. The number of anilines is 2. The first-order valence-electron chi connectivity index (χ1n) is 7.56. The summed E-state index contributed by atoms with van der Waals surface area (Å²) in [4.78, 5) is 11.2. The first kappa shape index (κ1) is 16.8. The summed E-state index contributed by atoms with van der Waals surface area (Å²) in [7, 11) is -3.74. The number of nitrogens with one attached hydrogen (secondary N) is 1. The number of nitrogens with zero attached hydrogens (tertiary/aromatic N) is 1. The highest BCUT2D eigenvalue weighted by Gasteiger charge is 2.39. The van der Waals surface area contributed by atoms with Crippen molar-refractivity contribution < 1.29 is 13.2 Å². The van der Waals surface area contributed by atoms with Crippen molar-refractivity contribution in [2.75, 3.05) is 9.62 Å². The molecular weight excluding hydrogens is 348 g/mol. The normalized spacial score (nSPS) is 14.2. The van der Waals surface area contributed by atoms with Crippen molar-refractivity contribution in [3.05, 3.63) is 53.6 Å². The molecule has 0 aromatic heterocycles. The van der Waals surface area contributed by atoms with Crippen molar-refractivity contribution in [1.29, 1.82) is 0 Å². The van der Waals surface area contributed by atoms with Gasteiger partial charge in [0.2, 0.25) is 5.91 Å². The van der Waals surface area contributed by atoms with Crippen molar-refractivity contribution in [2.24, 2.45) is 0 Å². The molecule has 0 radical (unpaired) electrons. The van der Waals surface area contributed by atoms with Crippen LogP contribution in [0, 0.1) is 0 Å². The van der Waals surface area contributed by atoms with Crippen molar-refractivity contribution in [3.8, 4) is 0 Å². The number of hydrogen-bond donors (Lipinski definition) is 1. The second-order valence-corrected chi connectivity index (χ2v) is 7.88. The Kier molecular flexibility index (Phi) is 4.51. The minimum absolute atomic E-state index is 0.0575. The van der Waals surface area contributed by atoms with Crippen molar-refractivity contribution in [1.82, 2.24) is 0 Å². The lowest BCUT2D eigenvalue weighted by Gasteiger charge is -2.25. The molecule has 126 valence electrons. The Morgan fingerprint density at radius 3 is 2.29 bits per heavy atom. The van der Waals surface area contributed by atoms with Crippen LogP contribution in [-0.2, 0) is 14.8 Å². The highest BCUT2D eigenvalue weighted by Crippen LogP contribution is 2.38. The van der Waals surface area contributed by atoms with E-state index in [0.717, 1.165) is 12.8 Å². The van der Waals surface area contributed by atoms with Crippen molar-refractivity contribution >= 4 is 38.9 Å². The third kappa shape index (κ3) is 3.39. The predicted molar refractivity (Wildman–Crippen MR) is 94.9 cm³/mol. The molecule has 0 bridgehead atoms. The van der Waals surface area contributed by atoms with Crippen LogP contribution in [0.4, 0.5) is 11.4 Å². The van der Waals surface area contributed by atoms with Gasteiger partial charge in [-0.05, 0) is 49.2 Å². The van der Waals surface area contributed by atoms with Crippen molar-refractivity contribution in [2.45, 2.75) is 30.7 Å². The molecule has 0 heterocycles. The number of carbonyl (C=O) groups excluding carboxylic acids is 1. The fourth-order valence-electron chi connectivity index (χ4n) is 2.51. The van der Waals surface area contributed by atoms with Crippen LogP contribution < -0.4 is 9.62 Å². The zero-order valence-corrected chi connectivity index (χ0v) is 14.6. The molecule has 1 saturated carbocycles. The summed E-state index contributed by atoms with van der Waals surface area (Å²) in [5.74, 6) is -0.175. The number of halogens is 1. The SMILES string of the molecule is CC(=O)Nc1ccc(N(C2CC2)S(=O)(=O)c2ccccc2Cl)cc1. The van der Waals surface area contributed by atoms with Gasteiger partial charge >= 0.3 is 0 Å². The second-order valence-electron chi connectivity index (χ2n) is 5.69. The van der Waals surface area contributed by atoms with E-state index in [9.17, 15) is 13.2 Å². The van der Waals surface area contributed by atoms with Gasteiger partial charge in [-0.1, -0.05) is 23.7 Å². The first-order chi connectivity index (χ1) is 11.4. The predicted octanol–water partition coefficient (Wildman–Crippen LogP) is 3.66. The van der Waals surface area contributed by atoms with E-state index in [1.54, 1.807) is 42.5 Å². The number of benzene rings is 2. The molecular formula is C17H17ClN2O3S. The molecule has 0 spiro atoms. The van der Waals surface area contributed by atoms with Crippen LogP contribution in [0.15, 0.2) is 53.4 Å². The largest absolute Gasteiger partial charge is 0.326 e. The van der Waals surface area contributed by atoms with Gasteiger partial charge in [0.1, 0.15) is 4.90 Å². The molecule has 0 unspecified atom stereocenters. The molecule has 1 amide bonds. The molecule has 2 aromatic carbocycles. The topological polar surface area (TPSA) is 66.5 Å². The van der Waals surface area contributed by atoms with E-state index in [4.69, 9.17) is 11.6 Å². The first-order valence-corrected chi connectivity index (χ1v) is 9.38. The standard InChI is InChI=1S/C17H17ClN2O3S/c1-12(21)19-13-6-8-14(9-7-13)20(15-10-11-15)24(22,23)17-5-3-2-4-16(17)18/h2-9,15H,10-11H2,1H3,(H,19,21). The fourth-order valence-corrected chi connectivity index (χ4v) is 4.72. The van der Waals surface area contributed by atoms with Gasteiger partial charge in [-0.3, -0.25) is 9.10 Å². The van der Waals surface area contributed by atoms with E-state index >= 15 is 0 Å². The smallest absolute Gasteiger partial charge is 0.266 e. The molecule has 2 aromatic rings. The maximum atomic E-state index is 13.1. The molecule has 5 nitrogen and oxygen atoms in total. The van der Waals surface area contributed by atoms with Crippen LogP contribution in [0.2, 0.25) is 5.02 Å². The van der Waals surface area contributed by atoms with Crippen LogP contribution in [0.1, 0.15) is 19.8 Å². The molecule has 7 heteroatoms. The van der Waals surface area contributed by atoms with Gasteiger partial charge in [-0.15, -0.1) is 0 Å². The average Bonchev–Trinajstić information content (AvgIpc) is 3.33. The molecule has 0 atom stereocenters. The number of amides is 1. The number of sulfonamides is 1. The van der Waals surface area contributed by atoms with Gasteiger partial charge in [-0.2, -0.15) is 0 Å². The Balaban J connectivity index is 1.99. The summed E-state index contributed by atoms with van der Waals surface area (Å²) >= 11 is 6.09. The Hall–Kier alpha value is -2.05. The van der Waals surface area contributed by atoms with Crippen LogP contribution in [0.25, 0.3) is 0 Å². The van der Waals surface area contributed by atoms with Crippen LogP contribution in [0.3, 0.4) is 0 Å². The molecule has 1 fully saturated rings. The van der Waals surface area contributed by atoms with E-state index in [-0.39, 0.29) is 21.9 Å². The molecule has 1 aliphatic rings. The molecule has 0 aliphatic heterocycles. The van der Waals surface area contributed by atoms with Crippen LogP contribution in [0.5, 0.6) is 0 Å². The lowest BCUT2D eigenvalue weighted by Crippen LogP contribution is -2.33. The third-order valence-electron chi connectivity index (χ3n) is 3.69. The van der Waals surface area contributed by atoms with Crippen molar-refractivity contribution in [3.63, 3.8) is 0 Å². The van der Waals surface area contributed by atoms with Gasteiger partial charge in [0, 0.05) is 18.7 Å². The lowest BCUT2D eigenvalue weighted by molar-refractivity contribution is -0.114. The van der Waals surface area contributed by atoms with E-state index in [0.29, 0.717) is 11.4 Å². The highest BCUT2D eigenvalue weighted by atomic mass is 35.5. The number of carbonyl (C=O) groups is 1. The Morgan fingerprint density at radius 1 is 1.12 bits per heavy atom. The summed E-state index contributed by atoms with van der Waals surface area (Å²) in [6.07, 6.45) is 1.63. The minimum Gasteiger partial charge on any atom is -0.326 e. The summed E-state index contributed by atoms with van der Waals surface area (Å²) in [6.45, 7) is 1.42.